The van der Waals surface area contributed by atoms with Gasteiger partial charge in [-0.25, -0.2) is 15.2 Å². The van der Waals surface area contributed by atoms with E-state index in [1.54, 1.807) is 27.9 Å². The van der Waals surface area contributed by atoms with E-state index in [2.05, 4.69) is 53.2 Å². The molecule has 6 heterocycles. The van der Waals surface area contributed by atoms with Crippen LogP contribution in [0.15, 0.2) is 29.8 Å². The Morgan fingerprint density at radius 2 is 1.78 bits per heavy atom. The molecule has 1 aromatic carbocycles. The zero-order valence-corrected chi connectivity index (χ0v) is 40.3. The fourth-order valence-electron chi connectivity index (χ4n) is 9.05. The molecular formula is C48H65N7O9S. The minimum Gasteiger partial charge on any atom is -0.489 e. The number of hydrogen-bond acceptors (Lipinski definition) is 14. The Bertz CT molecular complexity index is 2400. The molecular weight excluding hydrogens is 851 g/mol. The maximum Gasteiger partial charge on any atom is 0.408 e. The van der Waals surface area contributed by atoms with E-state index < -0.39 is 41.1 Å². The molecule has 4 aromatic rings. The minimum atomic E-state index is -1.05. The van der Waals surface area contributed by atoms with Gasteiger partial charge in [-0.05, 0) is 115 Å². The smallest absolute Gasteiger partial charge is 0.408 e. The summed E-state index contributed by atoms with van der Waals surface area (Å²) < 4.78 is 30.9. The zero-order chi connectivity index (χ0) is 46.8. The lowest BCUT2D eigenvalue weighted by molar-refractivity contribution is -0.150. The van der Waals surface area contributed by atoms with E-state index in [1.807, 2.05) is 24.6 Å². The van der Waals surface area contributed by atoms with Gasteiger partial charge in [0.1, 0.15) is 30.0 Å². The summed E-state index contributed by atoms with van der Waals surface area (Å²) in [6.45, 7) is 16.6. The van der Waals surface area contributed by atoms with E-state index in [0.717, 1.165) is 70.7 Å². The minimum absolute atomic E-state index is 0.0760. The Labute approximate surface area is 385 Å². The molecule has 3 aliphatic heterocycles. The van der Waals surface area contributed by atoms with Crippen LogP contribution in [0.1, 0.15) is 108 Å². The lowest BCUT2D eigenvalue weighted by atomic mass is 9.83. The van der Waals surface area contributed by atoms with Crippen molar-refractivity contribution in [1.82, 2.24) is 35.2 Å². The number of thiazole rings is 1. The van der Waals surface area contributed by atoms with E-state index in [-0.39, 0.29) is 25.1 Å². The maximum atomic E-state index is 14.1. The standard InChI is InChI=1S/C48H65N7O9S/c1-28(60-9)41-34(21-32(25-49-41)30-13-16-53(8)17-14-30)42-35(24-48(6,7)27-63-29(2)56)33-20-31(22-39-43(33)54(42)18-19-62-39)38-26-65-40(50-38)23-37(51-46(59)64-47(3,4)5)44(57)55-15-11-12-36(52-55)45(58)61-10/h20-22,25-26,28,30,36-37,52H,11-19,23-24,27H2,1-10H3,(H,51,59)/t28-,36-,37-/m0/s1. The number of likely N-dealkylation sites (tertiary alicyclic amines) is 1. The Kier molecular flexibility index (Phi) is 14.6. The highest BCUT2D eigenvalue weighted by Gasteiger charge is 2.36. The molecule has 3 aliphatic rings. The van der Waals surface area contributed by atoms with E-state index in [4.69, 9.17) is 33.7 Å². The Hall–Kier alpha value is -5.10. The first-order chi connectivity index (χ1) is 30.8. The zero-order valence-electron chi connectivity index (χ0n) is 39.5. The molecule has 3 aromatic heterocycles. The Morgan fingerprint density at radius 1 is 1.03 bits per heavy atom. The summed E-state index contributed by atoms with van der Waals surface area (Å²) in [7, 11) is 5.19. The molecule has 0 saturated carbocycles. The average molecular weight is 916 g/mol. The van der Waals surface area contributed by atoms with Crippen molar-refractivity contribution in [2.45, 2.75) is 123 Å². The third kappa shape index (κ3) is 11.1. The van der Waals surface area contributed by atoms with Crippen LogP contribution in [0.2, 0.25) is 0 Å². The molecule has 16 nitrogen and oxygen atoms in total. The summed E-state index contributed by atoms with van der Waals surface area (Å²) >= 11 is 1.38. The molecule has 2 N–H and O–H groups in total. The second kappa shape index (κ2) is 19.8. The molecule has 0 unspecified atom stereocenters. The van der Waals surface area contributed by atoms with Gasteiger partial charge in [-0.1, -0.05) is 13.8 Å². The van der Waals surface area contributed by atoms with Gasteiger partial charge < -0.3 is 38.5 Å². The van der Waals surface area contributed by atoms with Gasteiger partial charge in [0.25, 0.3) is 5.91 Å². The number of carbonyl (C=O) groups is 4. The van der Waals surface area contributed by atoms with Gasteiger partial charge in [-0.3, -0.25) is 24.4 Å². The summed E-state index contributed by atoms with van der Waals surface area (Å²) in [5.41, 5.74) is 9.43. The summed E-state index contributed by atoms with van der Waals surface area (Å²) in [6, 6.07) is 4.77. The number of pyridine rings is 1. The molecule has 0 spiro atoms. The van der Waals surface area contributed by atoms with Crippen molar-refractivity contribution in [2.24, 2.45) is 5.41 Å². The number of hydrogen-bond donors (Lipinski definition) is 2. The van der Waals surface area contributed by atoms with Gasteiger partial charge >= 0.3 is 18.0 Å². The number of hydrazine groups is 1. The summed E-state index contributed by atoms with van der Waals surface area (Å²) in [6.07, 6.45) is 4.85. The van der Waals surface area contributed by atoms with Gasteiger partial charge in [0.05, 0.1) is 54.0 Å². The molecule has 352 valence electrons. The lowest BCUT2D eigenvalue weighted by Crippen LogP contribution is -2.60. The fourth-order valence-corrected chi connectivity index (χ4v) is 9.90. The van der Waals surface area contributed by atoms with Crippen molar-refractivity contribution in [3.63, 3.8) is 0 Å². The molecule has 3 atom stereocenters. The van der Waals surface area contributed by atoms with Crippen LogP contribution in [0.3, 0.4) is 0 Å². The molecule has 0 bridgehead atoms. The van der Waals surface area contributed by atoms with Gasteiger partial charge in [0.2, 0.25) is 0 Å². The number of nitrogens with one attached hydrogen (secondary N) is 2. The molecule has 65 heavy (non-hydrogen) atoms. The van der Waals surface area contributed by atoms with Gasteiger partial charge in [0.15, 0.2) is 0 Å². The number of benzene rings is 1. The van der Waals surface area contributed by atoms with Gasteiger partial charge in [-0.15, -0.1) is 11.3 Å². The number of carbonyl (C=O) groups excluding carboxylic acids is 4. The maximum absolute atomic E-state index is 14.1. The molecule has 17 heteroatoms. The van der Waals surface area contributed by atoms with Crippen LogP contribution in [0.25, 0.3) is 33.4 Å². The van der Waals surface area contributed by atoms with Crippen LogP contribution in [0.5, 0.6) is 5.75 Å². The number of rotatable bonds is 14. The number of nitrogens with zero attached hydrogens (tertiary/aromatic N) is 5. The number of amides is 2. The molecule has 2 saturated heterocycles. The second-order valence-corrected chi connectivity index (χ2v) is 20.3. The molecule has 7 rings (SSSR count). The molecule has 0 radical (unpaired) electrons. The predicted octanol–water partition coefficient (Wildman–Crippen LogP) is 6.97. The number of piperidine rings is 1. The number of aromatic nitrogens is 3. The number of ether oxygens (including phenoxy) is 5. The predicted molar refractivity (Wildman–Crippen MR) is 248 cm³/mol. The van der Waals surface area contributed by atoms with Crippen molar-refractivity contribution in [3.8, 4) is 28.3 Å². The largest absolute Gasteiger partial charge is 0.489 e. The fraction of sp³-hybridized carbons (Fsp3) is 0.583. The van der Waals surface area contributed by atoms with E-state index in [1.165, 1.54) is 35.9 Å². The lowest BCUT2D eigenvalue weighted by Gasteiger charge is -2.34. The van der Waals surface area contributed by atoms with Gasteiger partial charge in [0, 0.05) is 60.5 Å². The third-order valence-corrected chi connectivity index (χ3v) is 13.3. The highest BCUT2D eigenvalue weighted by molar-refractivity contribution is 7.10. The highest BCUT2D eigenvalue weighted by atomic mass is 32.1. The van der Waals surface area contributed by atoms with Crippen molar-refractivity contribution in [3.05, 3.63) is 51.6 Å². The average Bonchev–Trinajstić information content (AvgIpc) is 3.86. The van der Waals surface area contributed by atoms with Crippen molar-refractivity contribution in [2.75, 3.05) is 54.1 Å². The van der Waals surface area contributed by atoms with E-state index in [0.29, 0.717) is 55.6 Å². The first-order valence-corrected chi connectivity index (χ1v) is 23.5. The van der Waals surface area contributed by atoms with E-state index in [9.17, 15) is 19.2 Å². The van der Waals surface area contributed by atoms with Crippen LogP contribution >= 0.6 is 11.3 Å². The second-order valence-electron chi connectivity index (χ2n) is 19.3. The SMILES string of the molecule is COC(=O)[C@@H]1CCCN(C(=O)[C@H](Cc2nc(-c3cc4c5c(c3)c(CC(C)(C)COC(C)=O)c(-c3cc(C6CCN(C)CC6)cnc3[C@H](C)OC)n5CCO4)cs2)NC(=O)OC(C)(C)C)N1. The van der Waals surface area contributed by atoms with Gasteiger partial charge in [-0.2, -0.15) is 0 Å². The van der Waals surface area contributed by atoms with Crippen LogP contribution in [-0.2, 0) is 52.7 Å². The van der Waals surface area contributed by atoms with Crippen molar-refractivity contribution < 1.29 is 42.9 Å². The third-order valence-electron chi connectivity index (χ3n) is 12.4. The van der Waals surface area contributed by atoms with E-state index >= 15 is 0 Å². The molecule has 2 amide bonds. The van der Waals surface area contributed by atoms with Crippen LogP contribution in [0, 0.1) is 5.41 Å². The van der Waals surface area contributed by atoms with Crippen LogP contribution < -0.4 is 15.5 Å². The number of alkyl carbamates (subject to hydrolysis) is 1. The number of methoxy groups -OCH3 is 2. The number of esters is 2. The van der Waals surface area contributed by atoms with Crippen LogP contribution in [-0.4, -0.2) is 120 Å². The summed E-state index contributed by atoms with van der Waals surface area (Å²) in [4.78, 5) is 64.4. The Balaban J connectivity index is 1.31. The first kappa shape index (κ1) is 47.9. The van der Waals surface area contributed by atoms with Crippen molar-refractivity contribution >= 4 is 46.2 Å². The monoisotopic (exact) mass is 915 g/mol. The topological polar surface area (TPSA) is 176 Å². The molecule has 2 fully saturated rings. The van der Waals surface area contributed by atoms with Crippen LogP contribution in [0.4, 0.5) is 4.79 Å². The Morgan fingerprint density at radius 3 is 2.48 bits per heavy atom. The normalized spacial score (nSPS) is 18.2. The first-order valence-electron chi connectivity index (χ1n) is 22.6. The summed E-state index contributed by atoms with van der Waals surface area (Å²) in [5.74, 6) is -0.118. The highest BCUT2D eigenvalue weighted by Crippen LogP contribution is 2.47. The quantitative estimate of drug-likeness (QED) is 0.0981. The molecule has 0 aliphatic carbocycles. The van der Waals surface area contributed by atoms with Crippen molar-refractivity contribution in [1.29, 1.82) is 0 Å². The summed E-state index contributed by atoms with van der Waals surface area (Å²) in [5, 5.41) is 7.71.